The van der Waals surface area contributed by atoms with Crippen LogP contribution in [-0.2, 0) is 4.89 Å². The van der Waals surface area contributed by atoms with E-state index in [1.807, 2.05) is 0 Å². The van der Waals surface area contributed by atoms with Gasteiger partial charge in [-0.2, -0.15) is 0 Å². The van der Waals surface area contributed by atoms with Crippen molar-refractivity contribution in [3.05, 3.63) is 0 Å². The van der Waals surface area contributed by atoms with Crippen LogP contribution < -0.4 is 0 Å². The molecule has 4 heteroatoms. The van der Waals surface area contributed by atoms with Gasteiger partial charge in [0.2, 0.25) is 0 Å². The van der Waals surface area contributed by atoms with Gasteiger partial charge < -0.3 is 10.0 Å². The number of nitrogens with zero attached hydrogens (tertiary/aromatic N) is 1. The van der Waals surface area contributed by atoms with E-state index in [0.717, 1.165) is 32.5 Å². The average Bonchev–Trinajstić information content (AvgIpc) is 2.11. The smallest absolute Gasteiger partial charge is 0.0831 e. The van der Waals surface area contributed by atoms with Gasteiger partial charge in [-0.15, -0.1) is 0 Å². The molecule has 2 N–H and O–H groups in total. The summed E-state index contributed by atoms with van der Waals surface area (Å²) in [6.45, 7) is 5.51. The van der Waals surface area contributed by atoms with Gasteiger partial charge in [0.25, 0.3) is 0 Å². The predicted octanol–water partition coefficient (Wildman–Crippen LogP) is 0.570. The Bertz CT molecular complexity index is 90.4. The molecule has 12 heavy (non-hydrogen) atoms. The van der Waals surface area contributed by atoms with Crippen LogP contribution in [0.15, 0.2) is 0 Å². The van der Waals surface area contributed by atoms with Crippen molar-refractivity contribution in [3.63, 3.8) is 0 Å². The summed E-state index contributed by atoms with van der Waals surface area (Å²) in [5, 5.41) is 16.7. The largest absolute Gasteiger partial charge is 0.396 e. The van der Waals surface area contributed by atoms with Gasteiger partial charge in [0.05, 0.1) is 6.61 Å². The maximum atomic E-state index is 8.59. The maximum Gasteiger partial charge on any atom is 0.0831 e. The van der Waals surface area contributed by atoms with E-state index in [0.29, 0.717) is 6.61 Å². The van der Waals surface area contributed by atoms with Gasteiger partial charge >= 0.3 is 0 Å². The summed E-state index contributed by atoms with van der Waals surface area (Å²) in [7, 11) is 0. The van der Waals surface area contributed by atoms with E-state index >= 15 is 0 Å². The lowest BCUT2D eigenvalue weighted by Gasteiger charge is -2.18. The van der Waals surface area contributed by atoms with Crippen molar-refractivity contribution in [2.75, 3.05) is 32.8 Å². The Kier molecular flexibility index (Phi) is 8.81. The third-order valence-electron chi connectivity index (χ3n) is 1.79. The van der Waals surface area contributed by atoms with E-state index in [1.165, 1.54) is 0 Å². The number of hydrogen-bond acceptors (Lipinski definition) is 4. The molecule has 4 nitrogen and oxygen atoms in total. The number of hydrogen-bond donors (Lipinski definition) is 2. The third kappa shape index (κ3) is 6.54. The van der Waals surface area contributed by atoms with Gasteiger partial charge in [-0.3, -0.25) is 5.26 Å². The second-order valence-corrected chi connectivity index (χ2v) is 2.70. The maximum absolute atomic E-state index is 8.59. The van der Waals surface area contributed by atoms with Crippen molar-refractivity contribution in [1.29, 1.82) is 0 Å². The molecule has 0 aromatic carbocycles. The van der Waals surface area contributed by atoms with E-state index in [1.54, 1.807) is 0 Å². The lowest BCUT2D eigenvalue weighted by Crippen LogP contribution is -2.27. The summed E-state index contributed by atoms with van der Waals surface area (Å²) in [5.74, 6) is 0. The first-order valence-corrected chi connectivity index (χ1v) is 4.44. The van der Waals surface area contributed by atoms with E-state index < -0.39 is 0 Å². The highest BCUT2D eigenvalue weighted by Gasteiger charge is 2.00. The zero-order chi connectivity index (χ0) is 9.23. The van der Waals surface area contributed by atoms with Crippen molar-refractivity contribution in [2.45, 2.75) is 19.8 Å². The van der Waals surface area contributed by atoms with Gasteiger partial charge in [0.15, 0.2) is 0 Å². The van der Waals surface area contributed by atoms with Crippen LogP contribution in [0.1, 0.15) is 19.8 Å². The molecule has 0 spiro atoms. The Morgan fingerprint density at radius 1 is 1.25 bits per heavy atom. The van der Waals surface area contributed by atoms with Crippen molar-refractivity contribution in [2.24, 2.45) is 0 Å². The van der Waals surface area contributed by atoms with Crippen molar-refractivity contribution in [1.82, 2.24) is 4.90 Å². The Morgan fingerprint density at radius 3 is 2.42 bits per heavy atom. The standard InChI is InChI=1S/C8H19NO3/c1-2-9(5-3-7-10)6-4-8-12-11/h10-11H,2-8H2,1H3. The van der Waals surface area contributed by atoms with Gasteiger partial charge in [-0.1, -0.05) is 6.92 Å². The molecule has 0 rings (SSSR count). The second-order valence-electron chi connectivity index (χ2n) is 2.70. The Hall–Kier alpha value is -0.160. The van der Waals surface area contributed by atoms with E-state index in [-0.39, 0.29) is 6.61 Å². The zero-order valence-electron chi connectivity index (χ0n) is 7.70. The molecule has 0 atom stereocenters. The average molecular weight is 177 g/mol. The molecular formula is C8H19NO3. The highest BCUT2D eigenvalue weighted by molar-refractivity contribution is 4.54. The normalized spacial score (nSPS) is 11.0. The summed E-state index contributed by atoms with van der Waals surface area (Å²) >= 11 is 0. The SMILES string of the molecule is CCN(CCCO)CCCOO. The summed E-state index contributed by atoms with van der Waals surface area (Å²) in [6.07, 6.45) is 1.64. The van der Waals surface area contributed by atoms with Gasteiger partial charge in [-0.05, 0) is 19.4 Å². The van der Waals surface area contributed by atoms with Crippen LogP contribution in [0.4, 0.5) is 0 Å². The molecule has 0 fully saturated rings. The first-order chi connectivity index (χ1) is 5.85. The molecule has 0 aliphatic heterocycles. The molecule has 0 bridgehead atoms. The topological polar surface area (TPSA) is 52.9 Å². The van der Waals surface area contributed by atoms with Crippen molar-refractivity contribution < 1.29 is 15.3 Å². The van der Waals surface area contributed by atoms with E-state index in [2.05, 4.69) is 16.7 Å². The molecule has 0 saturated carbocycles. The van der Waals surface area contributed by atoms with Crippen LogP contribution >= 0.6 is 0 Å². The summed E-state index contributed by atoms with van der Waals surface area (Å²) in [5.41, 5.74) is 0. The number of rotatable bonds is 8. The molecule has 0 aliphatic carbocycles. The highest BCUT2D eigenvalue weighted by atomic mass is 17.1. The molecule has 74 valence electrons. The number of aliphatic hydroxyl groups is 1. The monoisotopic (exact) mass is 177 g/mol. The van der Waals surface area contributed by atoms with Gasteiger partial charge in [0, 0.05) is 19.7 Å². The van der Waals surface area contributed by atoms with E-state index in [4.69, 9.17) is 10.4 Å². The van der Waals surface area contributed by atoms with Gasteiger partial charge in [0.1, 0.15) is 0 Å². The fourth-order valence-electron chi connectivity index (χ4n) is 1.08. The molecule has 0 heterocycles. The first kappa shape index (κ1) is 11.8. The molecule has 0 saturated heterocycles. The van der Waals surface area contributed by atoms with Crippen LogP contribution in [0.3, 0.4) is 0 Å². The minimum absolute atomic E-state index is 0.243. The quantitative estimate of drug-likeness (QED) is 0.323. The Labute approximate surface area is 73.7 Å². The lowest BCUT2D eigenvalue weighted by molar-refractivity contribution is -0.243. The first-order valence-electron chi connectivity index (χ1n) is 4.44. The van der Waals surface area contributed by atoms with Crippen molar-refractivity contribution in [3.8, 4) is 0 Å². The predicted molar refractivity (Wildman–Crippen MR) is 47.0 cm³/mol. The summed E-state index contributed by atoms with van der Waals surface area (Å²) in [6, 6.07) is 0. The van der Waals surface area contributed by atoms with Crippen LogP contribution in [0, 0.1) is 0 Å². The fraction of sp³-hybridized carbons (Fsp3) is 1.00. The second kappa shape index (κ2) is 8.93. The molecular weight excluding hydrogens is 158 g/mol. The lowest BCUT2D eigenvalue weighted by atomic mass is 10.3. The Morgan fingerprint density at radius 2 is 1.92 bits per heavy atom. The van der Waals surface area contributed by atoms with Crippen LogP contribution in [0.2, 0.25) is 0 Å². The zero-order valence-corrected chi connectivity index (χ0v) is 7.70. The van der Waals surface area contributed by atoms with Crippen LogP contribution in [-0.4, -0.2) is 48.1 Å². The minimum Gasteiger partial charge on any atom is -0.396 e. The molecule has 0 aromatic rings. The molecule has 0 aromatic heterocycles. The Balaban J connectivity index is 3.26. The van der Waals surface area contributed by atoms with Crippen LogP contribution in [0.5, 0.6) is 0 Å². The fourth-order valence-corrected chi connectivity index (χ4v) is 1.08. The molecule has 0 unspecified atom stereocenters. The molecule has 0 aliphatic rings. The van der Waals surface area contributed by atoms with Gasteiger partial charge in [-0.25, -0.2) is 4.89 Å². The third-order valence-corrected chi connectivity index (χ3v) is 1.79. The summed E-state index contributed by atoms with van der Waals surface area (Å²) < 4.78 is 0. The molecule has 0 amide bonds. The molecule has 0 radical (unpaired) electrons. The van der Waals surface area contributed by atoms with E-state index in [9.17, 15) is 0 Å². The minimum atomic E-state index is 0.243. The van der Waals surface area contributed by atoms with Crippen LogP contribution in [0.25, 0.3) is 0 Å². The highest BCUT2D eigenvalue weighted by Crippen LogP contribution is 1.93. The summed E-state index contributed by atoms with van der Waals surface area (Å²) in [4.78, 5) is 6.18. The van der Waals surface area contributed by atoms with Crippen molar-refractivity contribution >= 4 is 0 Å². The number of aliphatic hydroxyl groups excluding tert-OH is 1.